The second kappa shape index (κ2) is 11.6. The number of carbonyl (C=O) groups excluding carboxylic acids is 4. The van der Waals surface area contributed by atoms with E-state index in [0.717, 1.165) is 12.8 Å². The maximum atomic E-state index is 14.0. The lowest BCUT2D eigenvalue weighted by molar-refractivity contribution is -0.143. The van der Waals surface area contributed by atoms with E-state index in [9.17, 15) is 39.6 Å². The smallest absolute Gasteiger partial charge is 0.411 e. The lowest BCUT2D eigenvalue weighted by Gasteiger charge is -2.49. The van der Waals surface area contributed by atoms with Crippen molar-refractivity contribution >= 4 is 40.7 Å². The van der Waals surface area contributed by atoms with Gasteiger partial charge in [0.2, 0.25) is 0 Å². The van der Waals surface area contributed by atoms with E-state index in [-0.39, 0.29) is 29.9 Å². The van der Waals surface area contributed by atoms with Gasteiger partial charge in [-0.2, -0.15) is 0 Å². The van der Waals surface area contributed by atoms with Gasteiger partial charge in [0.1, 0.15) is 17.1 Å². The number of aromatic hydroxyl groups is 1. The van der Waals surface area contributed by atoms with Crippen LogP contribution < -0.4 is 16.0 Å². The van der Waals surface area contributed by atoms with Crippen LogP contribution >= 0.6 is 0 Å². The number of aliphatic hydroxyl groups is 3. The third-order valence-electron chi connectivity index (χ3n) is 8.34. The Kier molecular flexibility index (Phi) is 8.55. The van der Waals surface area contributed by atoms with Crippen molar-refractivity contribution in [1.29, 1.82) is 0 Å². The van der Waals surface area contributed by atoms with Gasteiger partial charge in [0, 0.05) is 37.2 Å². The van der Waals surface area contributed by atoms with Gasteiger partial charge in [-0.15, -0.1) is 0 Å². The average Bonchev–Trinajstić information content (AvgIpc) is 2.90. The first-order chi connectivity index (χ1) is 19.7. The van der Waals surface area contributed by atoms with Gasteiger partial charge in [-0.3, -0.25) is 24.6 Å². The van der Waals surface area contributed by atoms with E-state index in [1.807, 2.05) is 6.92 Å². The molecule has 4 unspecified atom stereocenters. The van der Waals surface area contributed by atoms with Gasteiger partial charge in [-0.25, -0.2) is 4.79 Å². The molecule has 13 nitrogen and oxygen atoms in total. The van der Waals surface area contributed by atoms with Crippen molar-refractivity contribution in [3.63, 3.8) is 0 Å². The number of primary amides is 1. The molecule has 4 rings (SSSR count). The summed E-state index contributed by atoms with van der Waals surface area (Å²) in [4.78, 5) is 55.1. The predicted octanol–water partition coefficient (Wildman–Crippen LogP) is 1.62. The Hall–Kier alpha value is -4.10. The van der Waals surface area contributed by atoms with E-state index in [1.165, 1.54) is 11.0 Å². The Labute approximate surface area is 243 Å². The van der Waals surface area contributed by atoms with Crippen molar-refractivity contribution in [2.45, 2.75) is 44.8 Å². The molecule has 13 heteroatoms. The fourth-order valence-corrected chi connectivity index (χ4v) is 6.46. The lowest BCUT2D eigenvalue weighted by atomic mass is 9.58. The minimum absolute atomic E-state index is 0.0187. The summed E-state index contributed by atoms with van der Waals surface area (Å²) < 4.78 is 5.19. The molecule has 5 atom stereocenters. The van der Waals surface area contributed by atoms with E-state index in [4.69, 9.17) is 10.5 Å². The van der Waals surface area contributed by atoms with Crippen LogP contribution in [0.1, 0.15) is 37.3 Å². The number of fused-ring (bicyclic) bond motifs is 3. The van der Waals surface area contributed by atoms with E-state index in [1.54, 1.807) is 33.1 Å². The molecular formula is C29H38N4O9. The van der Waals surface area contributed by atoms with Gasteiger partial charge in [-0.05, 0) is 38.6 Å². The Morgan fingerprint density at radius 3 is 2.33 bits per heavy atom. The molecule has 1 fully saturated rings. The van der Waals surface area contributed by atoms with Crippen molar-refractivity contribution in [2.24, 2.45) is 23.5 Å². The average molecular weight is 587 g/mol. The zero-order chi connectivity index (χ0) is 31.2. The summed E-state index contributed by atoms with van der Waals surface area (Å²) >= 11 is 0. The number of ether oxygens (including phenoxy) is 1. The number of unbranched alkanes of at least 4 members (excludes halogenated alkanes) is 2. The fourth-order valence-electron chi connectivity index (χ4n) is 6.46. The van der Waals surface area contributed by atoms with E-state index in [2.05, 4.69) is 5.32 Å². The first-order valence-electron chi connectivity index (χ1n) is 13.8. The molecule has 1 saturated carbocycles. The van der Waals surface area contributed by atoms with Crippen LogP contribution in [-0.4, -0.2) is 95.8 Å². The van der Waals surface area contributed by atoms with Crippen LogP contribution in [-0.2, 0) is 25.5 Å². The number of hydrogen-bond acceptors (Lipinski definition) is 11. The number of benzene rings is 1. The molecule has 1 aromatic rings. The van der Waals surface area contributed by atoms with Crippen LogP contribution in [0.25, 0.3) is 5.76 Å². The largest absolute Gasteiger partial charge is 0.510 e. The zero-order valence-corrected chi connectivity index (χ0v) is 24.3. The van der Waals surface area contributed by atoms with Crippen molar-refractivity contribution in [1.82, 2.24) is 4.90 Å². The number of likely N-dealkylation sites (N-methyl/N-ethyl adjacent to an activating group) is 1. The summed E-state index contributed by atoms with van der Waals surface area (Å²) in [7, 11) is 6.55. The number of phenols is 1. The maximum Gasteiger partial charge on any atom is 0.411 e. The first kappa shape index (κ1) is 30.8. The number of nitrogens with one attached hydrogen (secondary N) is 1. The number of nitrogens with zero attached hydrogens (tertiary/aromatic N) is 2. The Bertz CT molecular complexity index is 1400. The quantitative estimate of drug-likeness (QED) is 0.112. The summed E-state index contributed by atoms with van der Waals surface area (Å²) in [5, 5.41) is 47.8. The van der Waals surface area contributed by atoms with Gasteiger partial charge in [0.15, 0.2) is 17.3 Å². The maximum absolute atomic E-state index is 14.0. The molecule has 0 radical (unpaired) electrons. The fraction of sp³-hybridized carbons (Fsp3) is 0.517. The lowest BCUT2D eigenvalue weighted by Crippen LogP contribution is -2.61. The number of anilines is 2. The molecule has 1 aromatic carbocycles. The second-order valence-corrected chi connectivity index (χ2v) is 11.4. The van der Waals surface area contributed by atoms with Gasteiger partial charge in [-0.1, -0.05) is 19.8 Å². The number of ketones is 2. The highest BCUT2D eigenvalue weighted by atomic mass is 16.5. The second-order valence-electron chi connectivity index (χ2n) is 11.4. The van der Waals surface area contributed by atoms with Crippen LogP contribution in [0.4, 0.5) is 16.2 Å². The number of nitrogens with two attached hydrogens (primary N) is 1. The first-order valence-corrected chi connectivity index (χ1v) is 13.8. The Balaban J connectivity index is 1.84. The molecule has 0 aliphatic heterocycles. The van der Waals surface area contributed by atoms with Crippen molar-refractivity contribution in [3.05, 3.63) is 34.1 Å². The van der Waals surface area contributed by atoms with E-state index < -0.39 is 76.3 Å². The normalized spacial score (nSPS) is 25.2. The number of aliphatic hydroxyl groups excluding tert-OH is 3. The summed E-state index contributed by atoms with van der Waals surface area (Å²) in [6.45, 7) is 2.19. The third kappa shape index (κ3) is 4.96. The van der Waals surface area contributed by atoms with Crippen molar-refractivity contribution in [2.75, 3.05) is 45.0 Å². The molecule has 2 amide bonds. The number of hydrogen-bond donors (Lipinski definition) is 6. The Morgan fingerprint density at radius 2 is 1.76 bits per heavy atom. The number of rotatable bonds is 8. The summed E-state index contributed by atoms with van der Waals surface area (Å²) in [6.07, 6.45) is 0.235. The minimum Gasteiger partial charge on any atom is -0.510 e. The van der Waals surface area contributed by atoms with Crippen LogP contribution in [0.3, 0.4) is 0 Å². The summed E-state index contributed by atoms with van der Waals surface area (Å²) in [5.74, 6) is -8.68. The number of Topliss-reactive ketones (excluding diaryl/α,β-unsaturated/α-hetero) is 2. The van der Waals surface area contributed by atoms with Gasteiger partial charge in [0.25, 0.3) is 5.91 Å². The summed E-state index contributed by atoms with van der Waals surface area (Å²) in [6, 6.07) is 0.413. The molecular weight excluding hydrogens is 548 g/mol. The minimum atomic E-state index is -1.62. The SMILES string of the molecule is CCCCCOC(=O)Nc1cc(N(C)C)c2c(c1O)C(O)=C1C(=O)C3C(=O)C(C(N)=O)=C(O)[C@@H](N(C)C)C3C(O)C1C2. The molecule has 0 bridgehead atoms. The van der Waals surface area contributed by atoms with E-state index in [0.29, 0.717) is 17.7 Å². The highest BCUT2D eigenvalue weighted by molar-refractivity contribution is 6.28. The highest BCUT2D eigenvalue weighted by Gasteiger charge is 2.59. The molecule has 7 N–H and O–H groups in total. The number of amides is 2. The molecule has 228 valence electrons. The van der Waals surface area contributed by atoms with Crippen molar-refractivity contribution in [3.8, 4) is 5.75 Å². The van der Waals surface area contributed by atoms with Crippen LogP contribution in [0.5, 0.6) is 5.75 Å². The number of phenolic OH excluding ortho intramolecular Hbond substituents is 1. The molecule has 3 aliphatic carbocycles. The zero-order valence-electron chi connectivity index (χ0n) is 24.3. The van der Waals surface area contributed by atoms with E-state index >= 15 is 0 Å². The molecule has 42 heavy (non-hydrogen) atoms. The molecule has 3 aliphatic rings. The molecule has 0 spiro atoms. The van der Waals surface area contributed by atoms with Crippen LogP contribution in [0.15, 0.2) is 23.0 Å². The topological polar surface area (TPSA) is 203 Å². The Morgan fingerprint density at radius 1 is 1.10 bits per heavy atom. The van der Waals surface area contributed by atoms with Gasteiger partial charge < -0.3 is 35.8 Å². The standard InChI is InChI=1S/C29H38N4O9/c1-6-7-8-9-42-29(41)31-14-11-15(32(2)3)12-10-13-17(24(36)16(12)23(14)35)25(37)19-18(22(13)34)21(33(4)5)27(39)20(26(19)38)28(30)40/h11,13,18-19,21-22,34-36,39H,6-10H2,1-5H3,(H2,30,40)(H,31,41)/t13?,18?,19?,21-,22?/m0/s1. The van der Waals surface area contributed by atoms with Gasteiger partial charge in [0.05, 0.1) is 35.9 Å². The monoisotopic (exact) mass is 586 g/mol. The highest BCUT2D eigenvalue weighted by Crippen LogP contribution is 2.53. The van der Waals surface area contributed by atoms with Crippen LogP contribution in [0, 0.1) is 17.8 Å². The predicted molar refractivity (Wildman–Crippen MR) is 153 cm³/mol. The number of carbonyl (C=O) groups is 4. The molecule has 0 aromatic heterocycles. The molecule has 0 saturated heterocycles. The summed E-state index contributed by atoms with van der Waals surface area (Å²) in [5.41, 5.74) is 5.05. The van der Waals surface area contributed by atoms with Gasteiger partial charge >= 0.3 is 6.09 Å². The van der Waals surface area contributed by atoms with Crippen molar-refractivity contribution < 1.29 is 44.3 Å². The molecule has 0 heterocycles. The third-order valence-corrected chi connectivity index (χ3v) is 8.34. The van der Waals surface area contributed by atoms with Crippen LogP contribution in [0.2, 0.25) is 0 Å².